The maximum absolute atomic E-state index is 13.2. The molecule has 0 unspecified atom stereocenters. The minimum atomic E-state index is -1.02. The fourth-order valence-corrected chi connectivity index (χ4v) is 4.35. The number of nitrogens with zero attached hydrogens (tertiary/aromatic N) is 1. The van der Waals surface area contributed by atoms with Crippen molar-refractivity contribution in [2.24, 2.45) is 11.8 Å². The first kappa shape index (κ1) is 25.8. The lowest BCUT2D eigenvalue weighted by Gasteiger charge is -2.26. The van der Waals surface area contributed by atoms with Crippen molar-refractivity contribution in [1.29, 1.82) is 0 Å². The molecule has 35 heavy (non-hydrogen) atoms. The van der Waals surface area contributed by atoms with E-state index in [1.165, 1.54) is 12.0 Å². The number of carbonyl (C=O) groups is 3. The van der Waals surface area contributed by atoms with Crippen LogP contribution in [0.3, 0.4) is 0 Å². The first-order valence-corrected chi connectivity index (χ1v) is 11.4. The van der Waals surface area contributed by atoms with Crippen LogP contribution < -0.4 is 4.74 Å². The van der Waals surface area contributed by atoms with E-state index in [4.69, 9.17) is 18.9 Å². The van der Waals surface area contributed by atoms with Crippen molar-refractivity contribution < 1.29 is 33.3 Å². The summed E-state index contributed by atoms with van der Waals surface area (Å²) in [7, 11) is 2.87. The van der Waals surface area contributed by atoms with Crippen molar-refractivity contribution in [2.75, 3.05) is 27.4 Å². The van der Waals surface area contributed by atoms with Crippen LogP contribution in [0.15, 0.2) is 61.2 Å². The van der Waals surface area contributed by atoms with Gasteiger partial charge >= 0.3 is 18.0 Å². The van der Waals surface area contributed by atoms with Crippen molar-refractivity contribution in [2.45, 2.75) is 26.0 Å². The number of hydrogen-bond donors (Lipinski definition) is 0. The second kappa shape index (κ2) is 12.1. The van der Waals surface area contributed by atoms with Gasteiger partial charge in [0.2, 0.25) is 0 Å². The van der Waals surface area contributed by atoms with E-state index in [1.807, 2.05) is 42.5 Å². The van der Waals surface area contributed by atoms with Gasteiger partial charge in [-0.2, -0.15) is 0 Å². The topological polar surface area (TPSA) is 91.4 Å². The fourth-order valence-electron chi connectivity index (χ4n) is 4.35. The molecule has 0 aliphatic carbocycles. The lowest BCUT2D eigenvalue weighted by atomic mass is 9.81. The standard InChI is InChI=1S/C27H31NO7/c1-5-34-26(30)25-22(15-24(29)33-4)23(18(2)20-11-13-21(32-3)14-12-20)16-28(25)27(31)35-17-19-9-7-6-8-10-19/h6-14,22-23,25H,2,5,15-17H2,1,3-4H3/t22-,23+,25-/m0/s1. The smallest absolute Gasteiger partial charge is 0.410 e. The van der Waals surface area contributed by atoms with E-state index >= 15 is 0 Å². The predicted octanol–water partition coefficient (Wildman–Crippen LogP) is 4.09. The Morgan fingerprint density at radius 1 is 1.00 bits per heavy atom. The molecule has 8 heteroatoms. The molecule has 0 saturated carbocycles. The van der Waals surface area contributed by atoms with Gasteiger partial charge in [0.15, 0.2) is 0 Å². The van der Waals surface area contributed by atoms with Gasteiger partial charge in [-0.1, -0.05) is 49.0 Å². The van der Waals surface area contributed by atoms with E-state index in [1.54, 1.807) is 26.2 Å². The number of rotatable bonds is 9. The molecule has 0 radical (unpaired) electrons. The summed E-state index contributed by atoms with van der Waals surface area (Å²) >= 11 is 0. The van der Waals surface area contributed by atoms with Crippen LogP contribution in [0.1, 0.15) is 24.5 Å². The van der Waals surface area contributed by atoms with Gasteiger partial charge in [0.05, 0.1) is 27.2 Å². The summed E-state index contributed by atoms with van der Waals surface area (Å²) in [6, 6.07) is 15.6. The number of methoxy groups -OCH3 is 2. The molecule has 1 aliphatic rings. The highest BCUT2D eigenvalue weighted by Crippen LogP contribution is 2.41. The van der Waals surface area contributed by atoms with Crippen LogP contribution in [0.2, 0.25) is 0 Å². The number of benzene rings is 2. The summed E-state index contributed by atoms with van der Waals surface area (Å²) in [6.45, 7) is 6.27. The monoisotopic (exact) mass is 481 g/mol. The Balaban J connectivity index is 1.91. The minimum Gasteiger partial charge on any atom is -0.497 e. The predicted molar refractivity (Wildman–Crippen MR) is 129 cm³/mol. The summed E-state index contributed by atoms with van der Waals surface area (Å²) < 4.78 is 20.9. The Hall–Kier alpha value is -3.81. The summed E-state index contributed by atoms with van der Waals surface area (Å²) in [4.78, 5) is 39.8. The van der Waals surface area contributed by atoms with E-state index in [0.29, 0.717) is 11.3 Å². The Morgan fingerprint density at radius 2 is 1.69 bits per heavy atom. The quantitative estimate of drug-likeness (QED) is 0.394. The molecule has 1 amide bonds. The van der Waals surface area contributed by atoms with Crippen LogP contribution in [-0.2, 0) is 30.4 Å². The fraction of sp³-hybridized carbons (Fsp3) is 0.370. The van der Waals surface area contributed by atoms with E-state index in [9.17, 15) is 14.4 Å². The zero-order valence-electron chi connectivity index (χ0n) is 20.3. The van der Waals surface area contributed by atoms with Gasteiger partial charge < -0.3 is 18.9 Å². The molecule has 186 valence electrons. The first-order chi connectivity index (χ1) is 16.9. The number of esters is 2. The molecule has 0 N–H and O–H groups in total. The lowest BCUT2D eigenvalue weighted by Crippen LogP contribution is -2.45. The molecule has 8 nitrogen and oxygen atoms in total. The molecule has 1 heterocycles. The van der Waals surface area contributed by atoms with Gasteiger partial charge in [0.1, 0.15) is 18.4 Å². The third kappa shape index (κ3) is 6.20. The van der Waals surface area contributed by atoms with Crippen LogP contribution in [0.25, 0.3) is 5.57 Å². The highest BCUT2D eigenvalue weighted by atomic mass is 16.6. The molecular weight excluding hydrogens is 450 g/mol. The van der Waals surface area contributed by atoms with Crippen LogP contribution in [0, 0.1) is 11.8 Å². The molecule has 2 aromatic rings. The molecule has 2 aromatic carbocycles. The lowest BCUT2D eigenvalue weighted by molar-refractivity contribution is -0.150. The van der Waals surface area contributed by atoms with Gasteiger partial charge in [-0.15, -0.1) is 0 Å². The third-order valence-electron chi connectivity index (χ3n) is 6.16. The van der Waals surface area contributed by atoms with Crippen molar-refractivity contribution >= 4 is 23.6 Å². The van der Waals surface area contributed by atoms with Gasteiger partial charge in [0.25, 0.3) is 0 Å². The van der Waals surface area contributed by atoms with Gasteiger partial charge in [-0.25, -0.2) is 9.59 Å². The molecule has 0 spiro atoms. The van der Waals surface area contributed by atoms with E-state index in [-0.39, 0.29) is 26.2 Å². The zero-order valence-corrected chi connectivity index (χ0v) is 20.3. The average Bonchev–Trinajstić information content (AvgIpc) is 3.26. The number of ether oxygens (including phenoxy) is 4. The SMILES string of the molecule is C=C(c1ccc(OC)cc1)[C@H]1CN(C(=O)OCc2ccccc2)[C@H](C(=O)OCC)[C@H]1CC(=O)OC. The zero-order chi connectivity index (χ0) is 25.4. The Labute approximate surface area is 205 Å². The molecule has 3 atom stereocenters. The summed E-state index contributed by atoms with van der Waals surface area (Å²) in [5.74, 6) is -1.39. The molecule has 0 bridgehead atoms. The molecular formula is C27H31NO7. The number of hydrogen-bond acceptors (Lipinski definition) is 7. The largest absolute Gasteiger partial charge is 0.497 e. The minimum absolute atomic E-state index is 0.0531. The van der Waals surface area contributed by atoms with Gasteiger partial charge in [-0.05, 0) is 35.8 Å². The van der Waals surface area contributed by atoms with Crippen molar-refractivity contribution in [3.8, 4) is 5.75 Å². The maximum atomic E-state index is 13.2. The van der Waals surface area contributed by atoms with E-state index < -0.39 is 35.9 Å². The average molecular weight is 482 g/mol. The van der Waals surface area contributed by atoms with E-state index in [0.717, 1.165) is 11.1 Å². The summed E-state index contributed by atoms with van der Waals surface area (Å²) in [5.41, 5.74) is 2.32. The van der Waals surface area contributed by atoms with Crippen molar-refractivity contribution in [1.82, 2.24) is 4.90 Å². The first-order valence-electron chi connectivity index (χ1n) is 11.4. The number of likely N-dealkylation sites (tertiary alicyclic amines) is 1. The second-order valence-corrected chi connectivity index (χ2v) is 8.19. The van der Waals surface area contributed by atoms with Crippen LogP contribution in [0.4, 0.5) is 4.79 Å². The normalized spacial score (nSPS) is 19.1. The van der Waals surface area contributed by atoms with Gasteiger partial charge in [0, 0.05) is 18.4 Å². The van der Waals surface area contributed by atoms with Crippen molar-refractivity contribution in [3.63, 3.8) is 0 Å². The van der Waals surface area contributed by atoms with Crippen LogP contribution in [0.5, 0.6) is 5.75 Å². The number of carbonyl (C=O) groups excluding carboxylic acids is 3. The summed E-state index contributed by atoms with van der Waals surface area (Å²) in [5, 5.41) is 0. The van der Waals surface area contributed by atoms with Crippen LogP contribution >= 0.6 is 0 Å². The summed E-state index contributed by atoms with van der Waals surface area (Å²) in [6.07, 6.45) is -0.741. The molecule has 3 rings (SSSR count). The van der Waals surface area contributed by atoms with E-state index in [2.05, 4.69) is 6.58 Å². The Bertz CT molecular complexity index is 1040. The highest BCUT2D eigenvalue weighted by Gasteiger charge is 2.51. The Kier molecular flexibility index (Phi) is 8.89. The second-order valence-electron chi connectivity index (χ2n) is 8.19. The Morgan fingerprint density at radius 3 is 2.29 bits per heavy atom. The molecule has 1 aliphatic heterocycles. The number of amides is 1. The van der Waals surface area contributed by atoms with Crippen LogP contribution in [-0.4, -0.2) is 56.3 Å². The van der Waals surface area contributed by atoms with Crippen molar-refractivity contribution in [3.05, 3.63) is 72.3 Å². The molecule has 1 saturated heterocycles. The maximum Gasteiger partial charge on any atom is 0.410 e. The molecule has 0 aromatic heterocycles. The van der Waals surface area contributed by atoms with Gasteiger partial charge in [-0.3, -0.25) is 9.69 Å². The third-order valence-corrected chi connectivity index (χ3v) is 6.16. The highest BCUT2D eigenvalue weighted by molar-refractivity contribution is 5.85. The molecule has 1 fully saturated rings.